The maximum Gasteiger partial charge on any atom is 0.338 e. The number of nitrogens with zero attached hydrogens (tertiary/aromatic N) is 1. The van der Waals surface area contributed by atoms with E-state index in [9.17, 15) is 4.79 Å². The lowest BCUT2D eigenvalue weighted by Gasteiger charge is -2.32. The lowest BCUT2D eigenvalue weighted by Crippen LogP contribution is -2.41. The summed E-state index contributed by atoms with van der Waals surface area (Å²) in [5.74, 6) is 0.694. The molecule has 0 aliphatic carbocycles. The monoisotopic (exact) mass is 410 g/mol. The Bertz CT molecular complexity index is 990. The minimum Gasteiger partial charge on any atom is -0.497 e. The van der Waals surface area contributed by atoms with Crippen molar-refractivity contribution in [1.29, 1.82) is 0 Å². The molecule has 1 saturated heterocycles. The first kappa shape index (κ1) is 23.5. The van der Waals surface area contributed by atoms with Crippen molar-refractivity contribution in [3.05, 3.63) is 75.4 Å². The molecule has 0 radical (unpaired) electrons. The van der Waals surface area contributed by atoms with Crippen molar-refractivity contribution in [2.45, 2.75) is 39.7 Å². The number of nitrogens with one attached hydrogen (secondary N) is 1. The molecular formula is C25H34N2O3. The van der Waals surface area contributed by atoms with Gasteiger partial charge in [0.25, 0.3) is 0 Å². The van der Waals surface area contributed by atoms with Crippen LogP contribution in [0, 0.1) is 0 Å². The van der Waals surface area contributed by atoms with Crippen LogP contribution in [-0.4, -0.2) is 37.7 Å². The molecule has 1 aliphatic rings. The van der Waals surface area contributed by atoms with Crippen LogP contribution in [0.25, 0.3) is 12.2 Å². The van der Waals surface area contributed by atoms with Gasteiger partial charge in [-0.2, -0.15) is 0 Å². The minimum absolute atomic E-state index is 0.326. The second-order valence-electron chi connectivity index (χ2n) is 7.40. The quantitative estimate of drug-likeness (QED) is 0.526. The molecule has 5 nitrogen and oxygen atoms in total. The standard InChI is InChI=1S/C25H34N2O3/c1-7-10-21(29-6)15-18(4)19(5)16-22-23(17-25(28)30-24(22)8-2)26-20-11-13-27(9-3)14-12-20/h7-8,10,15-17,20,26H,1,5,9,11-14H2,2-4,6H3/b18-15+,21-10+,22-16-,24-8+. The Morgan fingerprint density at radius 3 is 2.67 bits per heavy atom. The van der Waals surface area contributed by atoms with Gasteiger partial charge >= 0.3 is 5.63 Å². The number of hydrogen-bond donors (Lipinski definition) is 1. The van der Waals surface area contributed by atoms with Gasteiger partial charge in [0.15, 0.2) is 0 Å². The fourth-order valence-corrected chi connectivity index (χ4v) is 3.50. The van der Waals surface area contributed by atoms with E-state index >= 15 is 0 Å². The molecule has 0 amide bonds. The second kappa shape index (κ2) is 11.4. The number of anilines is 1. The van der Waals surface area contributed by atoms with Gasteiger partial charge in [0.05, 0.1) is 12.8 Å². The average Bonchev–Trinajstić information content (AvgIpc) is 2.75. The maximum absolute atomic E-state index is 12.1. The molecule has 2 heterocycles. The molecule has 0 saturated carbocycles. The van der Waals surface area contributed by atoms with Crippen molar-refractivity contribution in [3.8, 4) is 0 Å². The molecule has 5 heteroatoms. The van der Waals surface area contributed by atoms with E-state index in [1.807, 2.05) is 32.1 Å². The molecule has 0 atom stereocenters. The highest BCUT2D eigenvalue weighted by Gasteiger charge is 2.18. The predicted octanol–water partition coefficient (Wildman–Crippen LogP) is 3.34. The lowest BCUT2D eigenvalue weighted by molar-refractivity contribution is 0.229. The van der Waals surface area contributed by atoms with Crippen molar-refractivity contribution in [2.75, 3.05) is 32.1 Å². The molecule has 162 valence electrons. The van der Waals surface area contributed by atoms with Crippen LogP contribution < -0.4 is 21.6 Å². The Morgan fingerprint density at radius 1 is 1.40 bits per heavy atom. The number of piperidine rings is 1. The Kier molecular flexibility index (Phi) is 8.93. The maximum atomic E-state index is 12.1. The van der Waals surface area contributed by atoms with Crippen molar-refractivity contribution < 1.29 is 9.15 Å². The average molecular weight is 411 g/mol. The molecule has 0 bridgehead atoms. The Labute approximate surface area is 179 Å². The SMILES string of the molecule is C=C/C=C(\C=C(/C)C(=C)/C=c1/c(NC2CCN(CC)CC2)cc(=O)o/c1=C/C)OC. The zero-order valence-electron chi connectivity index (χ0n) is 18.7. The molecule has 1 aromatic rings. The van der Waals surface area contributed by atoms with Crippen molar-refractivity contribution in [3.63, 3.8) is 0 Å². The summed E-state index contributed by atoms with van der Waals surface area (Å²) in [6.07, 6.45) is 11.2. The van der Waals surface area contributed by atoms with E-state index in [1.54, 1.807) is 19.3 Å². The zero-order valence-corrected chi connectivity index (χ0v) is 18.7. The second-order valence-corrected chi connectivity index (χ2v) is 7.40. The van der Waals surface area contributed by atoms with Crippen molar-refractivity contribution in [2.24, 2.45) is 0 Å². The van der Waals surface area contributed by atoms with Crippen LogP contribution in [0.1, 0.15) is 33.6 Å². The number of ether oxygens (including phenoxy) is 1. The fourth-order valence-electron chi connectivity index (χ4n) is 3.50. The Hall–Kier alpha value is -2.79. The topological polar surface area (TPSA) is 54.7 Å². The summed E-state index contributed by atoms with van der Waals surface area (Å²) in [7, 11) is 1.62. The molecule has 1 fully saturated rings. The van der Waals surface area contributed by atoms with Crippen LogP contribution in [0.5, 0.6) is 0 Å². The van der Waals surface area contributed by atoms with E-state index in [0.29, 0.717) is 17.2 Å². The molecule has 0 unspecified atom stereocenters. The van der Waals surface area contributed by atoms with Crippen LogP contribution in [0.15, 0.2) is 63.6 Å². The molecule has 30 heavy (non-hydrogen) atoms. The summed E-state index contributed by atoms with van der Waals surface area (Å²) >= 11 is 0. The van der Waals surface area contributed by atoms with Gasteiger partial charge in [0, 0.05) is 30.4 Å². The molecular weight excluding hydrogens is 376 g/mol. The van der Waals surface area contributed by atoms with Gasteiger partial charge in [-0.1, -0.05) is 26.2 Å². The van der Waals surface area contributed by atoms with Crippen molar-refractivity contribution >= 4 is 17.8 Å². The summed E-state index contributed by atoms with van der Waals surface area (Å²) in [6.45, 7) is 17.1. The van der Waals surface area contributed by atoms with Gasteiger partial charge in [-0.15, -0.1) is 0 Å². The number of allylic oxidation sites excluding steroid dienone is 5. The molecule has 1 aliphatic heterocycles. The highest BCUT2D eigenvalue weighted by Crippen LogP contribution is 2.15. The Morgan fingerprint density at radius 2 is 2.10 bits per heavy atom. The van der Waals surface area contributed by atoms with E-state index < -0.39 is 0 Å². The van der Waals surface area contributed by atoms with Gasteiger partial charge in [-0.05, 0) is 68.7 Å². The van der Waals surface area contributed by atoms with Crippen LogP contribution in [0.3, 0.4) is 0 Å². The largest absolute Gasteiger partial charge is 0.497 e. The van der Waals surface area contributed by atoms with E-state index in [4.69, 9.17) is 9.15 Å². The molecule has 2 rings (SSSR count). The third-order valence-corrected chi connectivity index (χ3v) is 5.39. The number of methoxy groups -OCH3 is 1. The molecule has 0 spiro atoms. The third kappa shape index (κ3) is 6.36. The first-order valence-corrected chi connectivity index (χ1v) is 10.5. The van der Waals surface area contributed by atoms with Crippen LogP contribution in [-0.2, 0) is 4.74 Å². The van der Waals surface area contributed by atoms with E-state index in [-0.39, 0.29) is 5.63 Å². The third-order valence-electron chi connectivity index (χ3n) is 5.39. The van der Waals surface area contributed by atoms with Crippen LogP contribution >= 0.6 is 0 Å². The highest BCUT2D eigenvalue weighted by atomic mass is 16.5. The normalized spacial score (nSPS) is 17.9. The minimum atomic E-state index is -0.359. The first-order valence-electron chi connectivity index (χ1n) is 10.5. The highest BCUT2D eigenvalue weighted by molar-refractivity contribution is 5.62. The zero-order chi connectivity index (χ0) is 22.1. The van der Waals surface area contributed by atoms with Gasteiger partial charge in [0.2, 0.25) is 0 Å². The van der Waals surface area contributed by atoms with Gasteiger partial charge < -0.3 is 19.4 Å². The summed E-state index contributed by atoms with van der Waals surface area (Å²) in [6, 6.07) is 1.86. The summed E-state index contributed by atoms with van der Waals surface area (Å²) in [5, 5.41) is 4.41. The predicted molar refractivity (Wildman–Crippen MR) is 126 cm³/mol. The van der Waals surface area contributed by atoms with Crippen LogP contribution in [0.2, 0.25) is 0 Å². The number of rotatable bonds is 8. The van der Waals surface area contributed by atoms with Gasteiger partial charge in [-0.3, -0.25) is 0 Å². The lowest BCUT2D eigenvalue weighted by atomic mass is 10.0. The molecule has 1 aromatic heterocycles. The molecule has 0 aromatic carbocycles. The fraction of sp³-hybridized carbons (Fsp3) is 0.400. The van der Waals surface area contributed by atoms with E-state index in [2.05, 4.69) is 30.3 Å². The smallest absolute Gasteiger partial charge is 0.338 e. The summed E-state index contributed by atoms with van der Waals surface area (Å²) in [4.78, 5) is 14.6. The van der Waals surface area contributed by atoms with E-state index in [0.717, 1.165) is 54.5 Å². The first-order chi connectivity index (χ1) is 14.4. The van der Waals surface area contributed by atoms with Gasteiger partial charge in [-0.25, -0.2) is 4.79 Å². The van der Waals surface area contributed by atoms with Gasteiger partial charge in [0.1, 0.15) is 11.2 Å². The number of hydrogen-bond acceptors (Lipinski definition) is 5. The Balaban J connectivity index is 2.42. The summed E-state index contributed by atoms with van der Waals surface area (Å²) < 4.78 is 10.8. The van der Waals surface area contributed by atoms with E-state index in [1.165, 1.54) is 6.07 Å². The van der Waals surface area contributed by atoms with Crippen LogP contribution in [0.4, 0.5) is 5.69 Å². The van der Waals surface area contributed by atoms with Crippen molar-refractivity contribution in [1.82, 2.24) is 4.90 Å². The number of likely N-dealkylation sites (tertiary alicyclic amines) is 1. The molecule has 1 N–H and O–H groups in total. The summed E-state index contributed by atoms with van der Waals surface area (Å²) in [5.41, 5.74) is 2.72.